The number of alkyl carbamates (subject to hydrolysis) is 1. The van der Waals surface area contributed by atoms with Gasteiger partial charge in [0.25, 0.3) is 0 Å². The molecule has 0 spiro atoms. The minimum atomic E-state index is -1.16. The highest BCUT2D eigenvalue weighted by Gasteiger charge is 2.22. The molecule has 3 N–H and O–H groups in total. The number of hydrogen-bond acceptors (Lipinski definition) is 5. The number of ether oxygens (including phenoxy) is 1. The summed E-state index contributed by atoms with van der Waals surface area (Å²) in [5.74, 6) is -0.791. The largest absolute Gasteiger partial charge is 0.480 e. The second-order valence-electron chi connectivity index (χ2n) is 5.87. The molecule has 8 heteroatoms. The summed E-state index contributed by atoms with van der Waals surface area (Å²) in [4.78, 5) is 35.0. The fraction of sp³-hybridized carbons (Fsp3) is 0.250. The van der Waals surface area contributed by atoms with Crippen LogP contribution in [0.4, 0.5) is 4.79 Å². The van der Waals surface area contributed by atoms with Crippen molar-refractivity contribution in [2.75, 3.05) is 12.3 Å². The predicted octanol–water partition coefficient (Wildman–Crippen LogP) is 2.42. The van der Waals surface area contributed by atoms with Gasteiger partial charge in [0.1, 0.15) is 19.2 Å². The zero-order chi connectivity index (χ0) is 20.2. The van der Waals surface area contributed by atoms with Gasteiger partial charge < -0.3 is 20.5 Å². The van der Waals surface area contributed by atoms with Crippen LogP contribution in [0.3, 0.4) is 0 Å². The van der Waals surface area contributed by atoms with E-state index >= 15 is 0 Å². The van der Waals surface area contributed by atoms with Gasteiger partial charge in [0.05, 0.1) is 0 Å². The number of carboxylic acids is 1. The van der Waals surface area contributed by atoms with Crippen molar-refractivity contribution in [3.8, 4) is 0 Å². The molecule has 148 valence electrons. The molecule has 7 nitrogen and oxygen atoms in total. The minimum absolute atomic E-state index is 0.0767. The van der Waals surface area contributed by atoms with E-state index in [1.807, 2.05) is 60.7 Å². The van der Waals surface area contributed by atoms with Crippen molar-refractivity contribution in [2.24, 2.45) is 0 Å². The van der Waals surface area contributed by atoms with Gasteiger partial charge >= 0.3 is 12.1 Å². The second-order valence-corrected chi connectivity index (χ2v) is 6.90. The van der Waals surface area contributed by atoms with E-state index in [1.165, 1.54) is 11.8 Å². The predicted molar refractivity (Wildman–Crippen MR) is 107 cm³/mol. The van der Waals surface area contributed by atoms with Crippen molar-refractivity contribution in [3.05, 3.63) is 71.8 Å². The first-order valence-corrected chi connectivity index (χ1v) is 9.78. The van der Waals surface area contributed by atoms with Gasteiger partial charge in [-0.05, 0) is 11.1 Å². The van der Waals surface area contributed by atoms with Crippen LogP contribution in [0.25, 0.3) is 0 Å². The normalized spacial score (nSPS) is 11.3. The van der Waals surface area contributed by atoms with Gasteiger partial charge in [0.2, 0.25) is 5.91 Å². The monoisotopic (exact) mass is 402 g/mol. The maximum Gasteiger partial charge on any atom is 0.408 e. The summed E-state index contributed by atoms with van der Waals surface area (Å²) in [5, 5.41) is 13.5. The van der Waals surface area contributed by atoms with E-state index < -0.39 is 30.6 Å². The quantitative estimate of drug-likeness (QED) is 0.564. The summed E-state index contributed by atoms with van der Waals surface area (Å²) in [7, 11) is 0. The smallest absolute Gasteiger partial charge is 0.408 e. The molecule has 0 aliphatic heterocycles. The zero-order valence-corrected chi connectivity index (χ0v) is 16.0. The van der Waals surface area contributed by atoms with Crippen LogP contribution in [0.5, 0.6) is 0 Å². The number of rotatable bonds is 10. The fourth-order valence-corrected chi connectivity index (χ4v) is 3.26. The maximum absolute atomic E-state index is 12.2. The Bertz CT molecular complexity index is 771. The van der Waals surface area contributed by atoms with E-state index in [4.69, 9.17) is 9.84 Å². The molecule has 2 amide bonds. The highest BCUT2D eigenvalue weighted by Crippen LogP contribution is 2.13. The Morgan fingerprint density at radius 2 is 1.57 bits per heavy atom. The van der Waals surface area contributed by atoms with Crippen LogP contribution in [-0.2, 0) is 26.7 Å². The van der Waals surface area contributed by atoms with Crippen LogP contribution in [0.15, 0.2) is 60.7 Å². The van der Waals surface area contributed by atoms with Crippen molar-refractivity contribution in [2.45, 2.75) is 18.4 Å². The molecule has 2 aromatic rings. The van der Waals surface area contributed by atoms with Gasteiger partial charge in [-0.2, -0.15) is 11.8 Å². The molecular formula is C20H22N2O5S. The lowest BCUT2D eigenvalue weighted by Crippen LogP contribution is -2.49. The van der Waals surface area contributed by atoms with Crippen molar-refractivity contribution in [1.82, 2.24) is 10.6 Å². The van der Waals surface area contributed by atoms with Gasteiger partial charge in [0.15, 0.2) is 0 Å². The number of nitrogens with one attached hydrogen (secondary N) is 2. The van der Waals surface area contributed by atoms with Crippen LogP contribution in [0, 0.1) is 0 Å². The SMILES string of the molecule is O=C(O)CNC(=O)C(CSCc1ccccc1)NC(=O)OCc1ccccc1. The third kappa shape index (κ3) is 8.13. The molecule has 0 aromatic heterocycles. The van der Waals surface area contributed by atoms with Gasteiger partial charge in [-0.15, -0.1) is 0 Å². The van der Waals surface area contributed by atoms with Crippen LogP contribution < -0.4 is 10.6 Å². The van der Waals surface area contributed by atoms with Gasteiger partial charge in [-0.1, -0.05) is 60.7 Å². The Hall–Kier alpha value is -3.00. The number of amides is 2. The summed E-state index contributed by atoms with van der Waals surface area (Å²) in [6, 6.07) is 18.0. The van der Waals surface area contributed by atoms with Crippen molar-refractivity contribution >= 4 is 29.7 Å². The molecule has 0 fully saturated rings. The number of carbonyl (C=O) groups is 3. The van der Waals surface area contributed by atoms with E-state index in [-0.39, 0.29) is 12.4 Å². The van der Waals surface area contributed by atoms with Gasteiger partial charge in [0, 0.05) is 11.5 Å². The zero-order valence-electron chi connectivity index (χ0n) is 15.2. The number of carboxylic acid groups (broad SMARTS) is 1. The lowest BCUT2D eigenvalue weighted by atomic mass is 10.2. The van der Waals surface area contributed by atoms with E-state index in [2.05, 4.69) is 10.6 Å². The molecule has 0 radical (unpaired) electrons. The van der Waals surface area contributed by atoms with E-state index in [0.717, 1.165) is 11.1 Å². The molecule has 0 aliphatic carbocycles. The molecule has 0 saturated heterocycles. The first kappa shape index (κ1) is 21.3. The number of carbonyl (C=O) groups excluding carboxylic acids is 2. The lowest BCUT2D eigenvalue weighted by molar-refractivity contribution is -0.138. The molecule has 0 saturated carbocycles. The van der Waals surface area contributed by atoms with Crippen LogP contribution in [-0.4, -0.2) is 41.4 Å². The molecule has 1 unspecified atom stereocenters. The molecule has 28 heavy (non-hydrogen) atoms. The van der Waals surface area contributed by atoms with Crippen LogP contribution in [0.1, 0.15) is 11.1 Å². The van der Waals surface area contributed by atoms with E-state index in [0.29, 0.717) is 5.75 Å². The number of benzene rings is 2. The summed E-state index contributed by atoms with van der Waals surface area (Å²) >= 11 is 1.45. The van der Waals surface area contributed by atoms with Gasteiger partial charge in [-0.25, -0.2) is 4.79 Å². The van der Waals surface area contributed by atoms with Crippen molar-refractivity contribution in [1.29, 1.82) is 0 Å². The number of thioether (sulfide) groups is 1. The third-order valence-electron chi connectivity index (χ3n) is 3.63. The fourth-order valence-electron chi connectivity index (χ4n) is 2.24. The van der Waals surface area contributed by atoms with Crippen molar-refractivity contribution in [3.63, 3.8) is 0 Å². The molecular weight excluding hydrogens is 380 g/mol. The Balaban J connectivity index is 1.87. The molecule has 2 aromatic carbocycles. The Morgan fingerprint density at radius 1 is 0.964 bits per heavy atom. The number of hydrogen-bond donors (Lipinski definition) is 3. The summed E-state index contributed by atoms with van der Waals surface area (Å²) in [6.45, 7) is -0.438. The molecule has 2 rings (SSSR count). The second kappa shape index (κ2) is 11.7. The molecule has 1 atom stereocenters. The lowest BCUT2D eigenvalue weighted by Gasteiger charge is -2.17. The summed E-state index contributed by atoms with van der Waals surface area (Å²) in [5.41, 5.74) is 1.91. The van der Waals surface area contributed by atoms with Crippen LogP contribution in [0.2, 0.25) is 0 Å². The first-order chi connectivity index (χ1) is 13.5. The van der Waals surface area contributed by atoms with Gasteiger partial charge in [-0.3, -0.25) is 9.59 Å². The molecule has 0 bridgehead atoms. The van der Waals surface area contributed by atoms with E-state index in [1.54, 1.807) is 0 Å². The topological polar surface area (TPSA) is 105 Å². The van der Waals surface area contributed by atoms with E-state index in [9.17, 15) is 14.4 Å². The Labute approximate surface area is 167 Å². The van der Waals surface area contributed by atoms with Crippen LogP contribution >= 0.6 is 11.8 Å². The molecule has 0 heterocycles. The first-order valence-electron chi connectivity index (χ1n) is 8.63. The summed E-state index contributed by atoms with van der Waals surface area (Å²) < 4.78 is 5.14. The third-order valence-corrected chi connectivity index (χ3v) is 4.74. The summed E-state index contributed by atoms with van der Waals surface area (Å²) in [6.07, 6.45) is -0.736. The average molecular weight is 402 g/mol. The highest BCUT2D eigenvalue weighted by molar-refractivity contribution is 7.98. The molecule has 0 aliphatic rings. The Kier molecular flexibility index (Phi) is 8.87. The average Bonchev–Trinajstić information content (AvgIpc) is 2.71. The Morgan fingerprint density at radius 3 is 2.18 bits per heavy atom. The maximum atomic E-state index is 12.2. The number of aliphatic carboxylic acids is 1. The minimum Gasteiger partial charge on any atom is -0.480 e. The van der Waals surface area contributed by atoms with Crippen molar-refractivity contribution < 1.29 is 24.2 Å². The highest BCUT2D eigenvalue weighted by atomic mass is 32.2. The standard InChI is InChI=1S/C20H22N2O5S/c23-18(24)11-21-19(25)17(14-28-13-16-9-5-2-6-10-16)22-20(26)27-12-15-7-3-1-4-8-15/h1-10,17H,11-14H2,(H,21,25)(H,22,26)(H,23,24).